The van der Waals surface area contributed by atoms with Gasteiger partial charge in [0.25, 0.3) is 5.91 Å². The summed E-state index contributed by atoms with van der Waals surface area (Å²) < 4.78 is 25.0. The molecule has 1 atom stereocenters. The average Bonchev–Trinajstić information content (AvgIpc) is 3.07. The standard InChI is InChI=1S/C17H22N4O3S/c1-11-7-12(2)9-15(8-11)21-13(3)16(18-19-21)17(22)20(4)14-5-6-25(23,24)10-14/h7-9,14H,5-6,10H2,1-4H3/t14-/m0/s1. The maximum absolute atomic E-state index is 12.8. The molecule has 1 fully saturated rings. The Morgan fingerprint density at radius 1 is 1.20 bits per heavy atom. The molecule has 0 unspecified atom stereocenters. The Labute approximate surface area is 147 Å². The fourth-order valence-electron chi connectivity index (χ4n) is 3.26. The maximum Gasteiger partial charge on any atom is 0.276 e. The number of nitrogens with zero attached hydrogens (tertiary/aromatic N) is 4. The minimum absolute atomic E-state index is 0.0134. The Kier molecular flexibility index (Phi) is 4.40. The largest absolute Gasteiger partial charge is 0.336 e. The fraction of sp³-hybridized carbons (Fsp3) is 0.471. The van der Waals surface area contributed by atoms with Gasteiger partial charge in [-0.2, -0.15) is 0 Å². The maximum atomic E-state index is 12.8. The minimum atomic E-state index is -3.05. The first-order chi connectivity index (χ1) is 11.7. The van der Waals surface area contributed by atoms with Crippen LogP contribution >= 0.6 is 0 Å². The Hall–Kier alpha value is -2.22. The third-order valence-electron chi connectivity index (χ3n) is 4.62. The number of rotatable bonds is 3. The van der Waals surface area contributed by atoms with Crippen molar-refractivity contribution in [3.8, 4) is 5.69 Å². The van der Waals surface area contributed by atoms with Crippen LogP contribution in [-0.2, 0) is 9.84 Å². The van der Waals surface area contributed by atoms with Crippen LogP contribution < -0.4 is 0 Å². The number of carbonyl (C=O) groups is 1. The zero-order chi connectivity index (χ0) is 18.4. The molecular weight excluding hydrogens is 340 g/mol. The summed E-state index contributed by atoms with van der Waals surface area (Å²) in [5.74, 6) is -0.154. The molecule has 2 heterocycles. The topological polar surface area (TPSA) is 85.2 Å². The van der Waals surface area contributed by atoms with E-state index in [1.165, 1.54) is 4.90 Å². The fourth-order valence-corrected chi connectivity index (χ4v) is 5.03. The van der Waals surface area contributed by atoms with Crippen LogP contribution in [0.2, 0.25) is 0 Å². The number of sulfone groups is 1. The van der Waals surface area contributed by atoms with Crippen molar-refractivity contribution in [1.29, 1.82) is 0 Å². The first-order valence-corrected chi connectivity index (χ1v) is 9.98. The van der Waals surface area contributed by atoms with E-state index < -0.39 is 9.84 Å². The van der Waals surface area contributed by atoms with E-state index in [2.05, 4.69) is 16.4 Å². The summed E-state index contributed by atoms with van der Waals surface area (Å²) in [6.07, 6.45) is 0.467. The summed E-state index contributed by atoms with van der Waals surface area (Å²) in [6, 6.07) is 5.73. The normalized spacial score (nSPS) is 19.1. The highest BCUT2D eigenvalue weighted by Crippen LogP contribution is 2.20. The van der Waals surface area contributed by atoms with Crippen LogP contribution in [0.3, 0.4) is 0 Å². The van der Waals surface area contributed by atoms with Crippen LogP contribution in [0.4, 0.5) is 0 Å². The molecule has 1 aliphatic heterocycles. The van der Waals surface area contributed by atoms with E-state index in [1.807, 2.05) is 26.0 Å². The Bertz CT molecular complexity index is 913. The summed E-state index contributed by atoms with van der Waals surface area (Å²) in [6.45, 7) is 5.80. The second-order valence-electron chi connectivity index (χ2n) is 6.75. The molecule has 1 saturated heterocycles. The van der Waals surface area contributed by atoms with Gasteiger partial charge in [-0.3, -0.25) is 4.79 Å². The first kappa shape index (κ1) is 17.6. The second kappa shape index (κ2) is 6.25. The molecule has 1 amide bonds. The van der Waals surface area contributed by atoms with Crippen LogP contribution in [0.1, 0.15) is 33.7 Å². The van der Waals surface area contributed by atoms with Gasteiger partial charge in [0.1, 0.15) is 0 Å². The summed E-state index contributed by atoms with van der Waals surface area (Å²) in [5, 5.41) is 8.18. The monoisotopic (exact) mass is 362 g/mol. The molecule has 0 spiro atoms. The zero-order valence-electron chi connectivity index (χ0n) is 14.9. The van der Waals surface area contributed by atoms with E-state index in [-0.39, 0.29) is 29.1 Å². The third-order valence-corrected chi connectivity index (χ3v) is 6.37. The highest BCUT2D eigenvalue weighted by molar-refractivity contribution is 7.91. The number of aromatic nitrogens is 3. The molecule has 7 nitrogen and oxygen atoms in total. The Balaban J connectivity index is 1.89. The van der Waals surface area contributed by atoms with E-state index in [0.717, 1.165) is 16.8 Å². The van der Waals surface area contributed by atoms with Crippen LogP contribution in [0.25, 0.3) is 5.69 Å². The molecule has 0 aliphatic carbocycles. The molecule has 0 saturated carbocycles. The summed E-state index contributed by atoms with van der Waals surface area (Å²) in [4.78, 5) is 14.2. The predicted molar refractivity (Wildman–Crippen MR) is 94.7 cm³/mol. The van der Waals surface area contributed by atoms with E-state index >= 15 is 0 Å². The van der Waals surface area contributed by atoms with Crippen molar-refractivity contribution in [3.05, 3.63) is 40.7 Å². The van der Waals surface area contributed by atoms with E-state index in [1.54, 1.807) is 18.7 Å². The predicted octanol–water partition coefficient (Wildman–Crippen LogP) is 1.45. The number of hydrogen-bond acceptors (Lipinski definition) is 5. The molecular formula is C17H22N4O3S. The Morgan fingerprint density at radius 3 is 2.40 bits per heavy atom. The molecule has 3 rings (SSSR count). The van der Waals surface area contributed by atoms with Crippen molar-refractivity contribution in [2.24, 2.45) is 0 Å². The van der Waals surface area contributed by atoms with Gasteiger partial charge in [-0.1, -0.05) is 11.3 Å². The zero-order valence-corrected chi connectivity index (χ0v) is 15.7. The smallest absolute Gasteiger partial charge is 0.276 e. The van der Waals surface area contributed by atoms with Gasteiger partial charge in [-0.05, 0) is 50.5 Å². The number of aryl methyl sites for hydroxylation is 2. The summed E-state index contributed by atoms with van der Waals surface area (Å²) >= 11 is 0. The van der Waals surface area contributed by atoms with Crippen molar-refractivity contribution in [1.82, 2.24) is 19.9 Å². The Morgan fingerprint density at radius 2 is 1.84 bits per heavy atom. The van der Waals surface area contributed by atoms with Gasteiger partial charge in [0, 0.05) is 13.1 Å². The molecule has 8 heteroatoms. The summed E-state index contributed by atoms with van der Waals surface area (Å²) in [7, 11) is -1.42. The van der Waals surface area contributed by atoms with E-state index in [4.69, 9.17) is 0 Å². The average molecular weight is 362 g/mol. The van der Waals surface area contributed by atoms with Crippen molar-refractivity contribution in [2.45, 2.75) is 33.2 Å². The van der Waals surface area contributed by atoms with Crippen molar-refractivity contribution in [3.63, 3.8) is 0 Å². The van der Waals surface area contributed by atoms with Gasteiger partial charge in [0.2, 0.25) is 0 Å². The molecule has 2 aromatic rings. The highest BCUT2D eigenvalue weighted by atomic mass is 32.2. The molecule has 0 radical (unpaired) electrons. The van der Waals surface area contributed by atoms with E-state index in [9.17, 15) is 13.2 Å². The molecule has 0 bridgehead atoms. The van der Waals surface area contributed by atoms with Gasteiger partial charge in [0.05, 0.1) is 22.9 Å². The highest BCUT2D eigenvalue weighted by Gasteiger charge is 2.34. The second-order valence-corrected chi connectivity index (χ2v) is 8.98. The van der Waals surface area contributed by atoms with Gasteiger partial charge < -0.3 is 4.90 Å². The van der Waals surface area contributed by atoms with Crippen molar-refractivity contribution in [2.75, 3.05) is 18.6 Å². The lowest BCUT2D eigenvalue weighted by Gasteiger charge is -2.22. The number of amides is 1. The van der Waals surface area contributed by atoms with Gasteiger partial charge in [0.15, 0.2) is 15.5 Å². The van der Waals surface area contributed by atoms with Crippen molar-refractivity contribution >= 4 is 15.7 Å². The van der Waals surface area contributed by atoms with Gasteiger partial charge in [-0.25, -0.2) is 13.1 Å². The van der Waals surface area contributed by atoms with E-state index in [0.29, 0.717) is 12.1 Å². The van der Waals surface area contributed by atoms with Gasteiger partial charge in [-0.15, -0.1) is 5.10 Å². The lowest BCUT2D eigenvalue weighted by molar-refractivity contribution is 0.0741. The molecule has 134 valence electrons. The van der Waals surface area contributed by atoms with Crippen LogP contribution in [0.15, 0.2) is 18.2 Å². The SMILES string of the molecule is Cc1cc(C)cc(-n2nnc(C(=O)N(C)[C@H]3CCS(=O)(=O)C3)c2C)c1. The van der Waals surface area contributed by atoms with Crippen LogP contribution in [0.5, 0.6) is 0 Å². The lowest BCUT2D eigenvalue weighted by atomic mass is 10.1. The van der Waals surface area contributed by atoms with Crippen LogP contribution in [0, 0.1) is 20.8 Å². The molecule has 25 heavy (non-hydrogen) atoms. The molecule has 0 N–H and O–H groups in total. The number of carbonyl (C=O) groups excluding carboxylic acids is 1. The van der Waals surface area contributed by atoms with Crippen LogP contribution in [-0.4, -0.2) is 58.8 Å². The molecule has 1 aromatic carbocycles. The number of benzene rings is 1. The summed E-state index contributed by atoms with van der Waals surface area (Å²) in [5.41, 5.74) is 3.96. The molecule has 1 aliphatic rings. The lowest BCUT2D eigenvalue weighted by Crippen LogP contribution is -2.38. The molecule has 1 aromatic heterocycles. The third kappa shape index (κ3) is 3.44. The van der Waals surface area contributed by atoms with Crippen molar-refractivity contribution < 1.29 is 13.2 Å². The number of hydrogen-bond donors (Lipinski definition) is 0. The quantitative estimate of drug-likeness (QED) is 0.825. The van der Waals surface area contributed by atoms with Gasteiger partial charge >= 0.3 is 0 Å². The first-order valence-electron chi connectivity index (χ1n) is 8.16. The minimum Gasteiger partial charge on any atom is -0.336 e.